The lowest BCUT2D eigenvalue weighted by molar-refractivity contribution is -0.132. The molecule has 0 rings (SSSR count). The molecule has 0 bridgehead atoms. The quantitative estimate of drug-likeness (QED) is 0.483. The van der Waals surface area contributed by atoms with Crippen LogP contribution in [-0.2, 0) is 4.79 Å². The molecule has 0 aliphatic rings. The van der Waals surface area contributed by atoms with Crippen molar-refractivity contribution in [3.8, 4) is 0 Å². The molecule has 0 fully saturated rings. The summed E-state index contributed by atoms with van der Waals surface area (Å²) in [6, 6.07) is 0. The van der Waals surface area contributed by atoms with Gasteiger partial charge in [-0.15, -0.1) is 13.2 Å². The molecule has 2 nitrogen and oxygen atoms in total. The van der Waals surface area contributed by atoms with Gasteiger partial charge < -0.3 is 5.11 Å². The summed E-state index contributed by atoms with van der Waals surface area (Å²) in [5, 5.41) is 8.45. The number of rotatable bonds is 5. The van der Waals surface area contributed by atoms with E-state index in [-0.39, 0.29) is 11.5 Å². The van der Waals surface area contributed by atoms with Crippen molar-refractivity contribution < 1.29 is 9.90 Å². The Kier molecular flexibility index (Phi) is 3.96. The minimum absolute atomic E-state index is 0.0126. The highest BCUT2D eigenvalue weighted by Crippen LogP contribution is 2.11. The lowest BCUT2D eigenvalue weighted by Gasteiger charge is -2.04. The molecule has 60 valence electrons. The molecule has 0 aliphatic heterocycles. The predicted molar refractivity (Wildman–Crippen MR) is 45.3 cm³/mol. The van der Waals surface area contributed by atoms with Gasteiger partial charge >= 0.3 is 5.97 Å². The first kappa shape index (κ1) is 9.69. The molecule has 0 aromatic rings. The topological polar surface area (TPSA) is 37.3 Å². The fourth-order valence-corrected chi connectivity index (χ4v) is 0.635. The van der Waals surface area contributed by atoms with Gasteiger partial charge in [0.2, 0.25) is 0 Å². The van der Waals surface area contributed by atoms with Crippen LogP contribution in [0, 0.1) is 5.92 Å². The molecule has 0 aromatic heterocycles. The van der Waals surface area contributed by atoms with Crippen molar-refractivity contribution >= 4 is 5.97 Å². The van der Waals surface area contributed by atoms with E-state index in [0.717, 1.165) is 0 Å². The Morgan fingerprint density at radius 1 is 1.45 bits per heavy atom. The van der Waals surface area contributed by atoms with Crippen LogP contribution in [0.25, 0.3) is 0 Å². The lowest BCUT2D eigenvalue weighted by Crippen LogP contribution is -2.03. The van der Waals surface area contributed by atoms with Crippen LogP contribution < -0.4 is 0 Å². The van der Waals surface area contributed by atoms with Gasteiger partial charge in [-0.05, 0) is 12.3 Å². The van der Waals surface area contributed by atoms with Crippen LogP contribution in [-0.4, -0.2) is 11.1 Å². The highest BCUT2D eigenvalue weighted by atomic mass is 16.4. The Bertz CT molecular complexity index is 184. The van der Waals surface area contributed by atoms with Crippen LogP contribution >= 0.6 is 0 Å². The van der Waals surface area contributed by atoms with Gasteiger partial charge in [0.15, 0.2) is 0 Å². The van der Waals surface area contributed by atoms with Crippen LogP contribution in [0.2, 0.25) is 0 Å². The molecule has 0 amide bonds. The number of aliphatic carboxylic acids is 1. The zero-order valence-electron chi connectivity index (χ0n) is 6.42. The highest BCUT2D eigenvalue weighted by Gasteiger charge is 2.07. The Morgan fingerprint density at radius 2 is 1.91 bits per heavy atom. The Balaban J connectivity index is 4.01. The first-order valence-electron chi connectivity index (χ1n) is 3.28. The molecule has 1 N–H and O–H groups in total. The van der Waals surface area contributed by atoms with Crippen molar-refractivity contribution in [2.24, 2.45) is 5.92 Å². The maximum Gasteiger partial charge on any atom is 0.330 e. The van der Waals surface area contributed by atoms with Gasteiger partial charge in [0.25, 0.3) is 0 Å². The van der Waals surface area contributed by atoms with Crippen LogP contribution in [0.1, 0.15) is 6.42 Å². The van der Waals surface area contributed by atoms with Gasteiger partial charge in [-0.3, -0.25) is 0 Å². The largest absolute Gasteiger partial charge is 0.478 e. The third-order valence-corrected chi connectivity index (χ3v) is 1.39. The number of hydrogen-bond donors (Lipinski definition) is 1. The van der Waals surface area contributed by atoms with Crippen LogP contribution in [0.3, 0.4) is 0 Å². The van der Waals surface area contributed by atoms with Gasteiger partial charge in [0, 0.05) is 5.57 Å². The van der Waals surface area contributed by atoms with Gasteiger partial charge in [-0.25, -0.2) is 4.79 Å². The van der Waals surface area contributed by atoms with E-state index in [9.17, 15) is 4.79 Å². The van der Waals surface area contributed by atoms with E-state index in [4.69, 9.17) is 5.11 Å². The summed E-state index contributed by atoms with van der Waals surface area (Å²) in [6.45, 7) is 10.5. The third kappa shape index (κ3) is 3.40. The van der Waals surface area contributed by atoms with Gasteiger partial charge in [0.05, 0.1) is 0 Å². The van der Waals surface area contributed by atoms with Crippen molar-refractivity contribution in [2.75, 3.05) is 0 Å². The molecular formula is C9H12O2. The standard InChI is InChI=1S/C9H12O2/c1-4-8(5-2)6-7(3)9(10)11/h4-5,8H,1-3,6H2,(H,10,11). The Hall–Kier alpha value is -1.31. The van der Waals surface area contributed by atoms with Gasteiger partial charge in [-0.1, -0.05) is 18.7 Å². The number of allylic oxidation sites excluding steroid dienone is 2. The zero-order valence-corrected chi connectivity index (χ0v) is 6.42. The summed E-state index contributed by atoms with van der Waals surface area (Å²) in [7, 11) is 0. The fraction of sp³-hybridized carbons (Fsp3) is 0.222. The van der Waals surface area contributed by atoms with Crippen LogP contribution in [0.15, 0.2) is 37.5 Å². The highest BCUT2D eigenvalue weighted by molar-refractivity contribution is 5.85. The molecule has 0 aromatic carbocycles. The Labute approximate surface area is 66.5 Å². The number of carbonyl (C=O) groups is 1. The average molecular weight is 152 g/mol. The molecular weight excluding hydrogens is 140 g/mol. The second kappa shape index (κ2) is 4.50. The van der Waals surface area contributed by atoms with Crippen molar-refractivity contribution in [3.05, 3.63) is 37.5 Å². The predicted octanol–water partition coefficient (Wildman–Crippen LogP) is 2.01. The van der Waals surface area contributed by atoms with Crippen molar-refractivity contribution in [1.82, 2.24) is 0 Å². The molecule has 2 heteroatoms. The first-order chi connectivity index (χ1) is 5.11. The zero-order chi connectivity index (χ0) is 8.85. The molecule has 0 saturated carbocycles. The minimum atomic E-state index is -0.960. The summed E-state index contributed by atoms with van der Waals surface area (Å²) in [5.41, 5.74) is 0.190. The average Bonchev–Trinajstić information content (AvgIpc) is 1.99. The van der Waals surface area contributed by atoms with E-state index >= 15 is 0 Å². The van der Waals surface area contributed by atoms with Crippen LogP contribution in [0.5, 0.6) is 0 Å². The molecule has 0 aliphatic carbocycles. The lowest BCUT2D eigenvalue weighted by atomic mass is 10.0. The fourth-order valence-electron chi connectivity index (χ4n) is 0.635. The van der Waals surface area contributed by atoms with Crippen molar-refractivity contribution in [2.45, 2.75) is 6.42 Å². The second-order valence-electron chi connectivity index (χ2n) is 2.25. The maximum absolute atomic E-state index is 10.3. The number of carboxylic acid groups (broad SMARTS) is 1. The summed E-state index contributed by atoms with van der Waals surface area (Å²) in [5.74, 6) is -0.947. The van der Waals surface area contributed by atoms with Crippen molar-refractivity contribution in [1.29, 1.82) is 0 Å². The number of hydrogen-bond acceptors (Lipinski definition) is 1. The van der Waals surface area contributed by atoms with Gasteiger partial charge in [0.1, 0.15) is 0 Å². The molecule has 0 atom stereocenters. The van der Waals surface area contributed by atoms with E-state index in [0.29, 0.717) is 6.42 Å². The summed E-state index contributed by atoms with van der Waals surface area (Å²) in [4.78, 5) is 10.3. The van der Waals surface area contributed by atoms with E-state index < -0.39 is 5.97 Å². The monoisotopic (exact) mass is 152 g/mol. The molecule has 0 heterocycles. The maximum atomic E-state index is 10.3. The number of carboxylic acids is 1. The summed E-state index contributed by atoms with van der Waals surface area (Å²) >= 11 is 0. The van der Waals surface area contributed by atoms with Crippen LogP contribution in [0.4, 0.5) is 0 Å². The second-order valence-corrected chi connectivity index (χ2v) is 2.25. The molecule has 0 radical (unpaired) electrons. The van der Waals surface area contributed by atoms with Gasteiger partial charge in [-0.2, -0.15) is 0 Å². The van der Waals surface area contributed by atoms with Crippen molar-refractivity contribution in [3.63, 3.8) is 0 Å². The van der Waals surface area contributed by atoms with E-state index in [1.54, 1.807) is 12.2 Å². The van der Waals surface area contributed by atoms with E-state index in [1.165, 1.54) is 0 Å². The van der Waals surface area contributed by atoms with E-state index in [1.807, 2.05) is 0 Å². The normalized spacial score (nSPS) is 9.18. The SMILES string of the molecule is C=CC(C=C)CC(=C)C(=O)O. The molecule has 11 heavy (non-hydrogen) atoms. The molecule has 0 spiro atoms. The Morgan fingerprint density at radius 3 is 2.18 bits per heavy atom. The molecule has 0 unspecified atom stereocenters. The van der Waals surface area contributed by atoms with E-state index in [2.05, 4.69) is 19.7 Å². The minimum Gasteiger partial charge on any atom is -0.478 e. The third-order valence-electron chi connectivity index (χ3n) is 1.39. The smallest absolute Gasteiger partial charge is 0.330 e. The summed E-state index contributed by atoms with van der Waals surface area (Å²) in [6.07, 6.45) is 3.70. The molecule has 0 saturated heterocycles. The summed E-state index contributed by atoms with van der Waals surface area (Å²) < 4.78 is 0. The first-order valence-corrected chi connectivity index (χ1v) is 3.28.